The van der Waals surface area contributed by atoms with Gasteiger partial charge in [-0.05, 0) is 50.3 Å². The Labute approximate surface area is 126 Å². The van der Waals surface area contributed by atoms with Crippen molar-refractivity contribution in [1.82, 2.24) is 4.31 Å². The van der Waals surface area contributed by atoms with Crippen LogP contribution in [0.25, 0.3) is 0 Å². The van der Waals surface area contributed by atoms with Crippen molar-refractivity contribution >= 4 is 16.0 Å². The molecule has 1 saturated heterocycles. The molecular weight excluding hydrogens is 290 g/mol. The molecule has 1 unspecified atom stereocenters. The lowest BCUT2D eigenvalue weighted by molar-refractivity contribution is -0.146. The fraction of sp³-hybridized carbons (Fsp3) is 0.533. The predicted molar refractivity (Wildman–Crippen MR) is 79.5 cm³/mol. The second-order valence-electron chi connectivity index (χ2n) is 5.42. The van der Waals surface area contributed by atoms with Gasteiger partial charge in [-0.3, -0.25) is 4.79 Å². The number of hydrogen-bond donors (Lipinski definition) is 0. The van der Waals surface area contributed by atoms with Crippen LogP contribution in [0.15, 0.2) is 23.1 Å². The maximum atomic E-state index is 12.9. The zero-order valence-electron chi connectivity index (χ0n) is 12.6. The minimum Gasteiger partial charge on any atom is -0.468 e. The van der Waals surface area contributed by atoms with E-state index in [4.69, 9.17) is 4.74 Å². The number of carbonyl (C=O) groups excluding carboxylic acids is 1. The van der Waals surface area contributed by atoms with Crippen molar-refractivity contribution in [3.8, 4) is 0 Å². The standard InChI is InChI=1S/C15H21NO4S/c1-11-7-8-12(2)14(10-11)21(18,19)16-9-5-4-6-13(16)15(17)20-3/h7-8,10,13H,4-6,9H2,1-3H3. The Morgan fingerprint density at radius 1 is 1.29 bits per heavy atom. The molecular formula is C15H21NO4S. The molecule has 0 radical (unpaired) electrons. The molecule has 0 aromatic heterocycles. The van der Waals surface area contributed by atoms with Crippen molar-refractivity contribution in [2.75, 3.05) is 13.7 Å². The molecule has 1 aliphatic heterocycles. The predicted octanol–water partition coefficient (Wildman–Crippen LogP) is 2.02. The summed E-state index contributed by atoms with van der Waals surface area (Å²) in [5.41, 5.74) is 1.57. The Balaban J connectivity index is 2.45. The van der Waals surface area contributed by atoms with Gasteiger partial charge in [-0.25, -0.2) is 8.42 Å². The van der Waals surface area contributed by atoms with E-state index in [0.717, 1.165) is 18.4 Å². The Morgan fingerprint density at radius 3 is 2.67 bits per heavy atom. The number of carbonyl (C=O) groups is 1. The molecule has 2 rings (SSSR count). The summed E-state index contributed by atoms with van der Waals surface area (Å²) in [6.45, 7) is 3.98. The molecule has 21 heavy (non-hydrogen) atoms. The van der Waals surface area contributed by atoms with E-state index in [2.05, 4.69) is 0 Å². The van der Waals surface area contributed by atoms with Crippen LogP contribution < -0.4 is 0 Å². The molecule has 1 aromatic carbocycles. The molecule has 1 aliphatic rings. The van der Waals surface area contributed by atoms with Gasteiger partial charge in [0.1, 0.15) is 6.04 Å². The van der Waals surface area contributed by atoms with E-state index in [-0.39, 0.29) is 4.90 Å². The SMILES string of the molecule is COC(=O)C1CCCCN1S(=O)(=O)c1cc(C)ccc1C. The summed E-state index contributed by atoms with van der Waals surface area (Å²) in [5.74, 6) is -0.483. The number of piperidine rings is 1. The van der Waals surface area contributed by atoms with Crippen molar-refractivity contribution in [2.24, 2.45) is 0 Å². The fourth-order valence-electron chi connectivity index (χ4n) is 2.68. The highest BCUT2D eigenvalue weighted by Gasteiger charge is 2.38. The van der Waals surface area contributed by atoms with Crippen LogP contribution in [0, 0.1) is 13.8 Å². The van der Waals surface area contributed by atoms with Crippen molar-refractivity contribution in [1.29, 1.82) is 0 Å². The van der Waals surface area contributed by atoms with E-state index in [9.17, 15) is 13.2 Å². The third-order valence-electron chi connectivity index (χ3n) is 3.86. The third-order valence-corrected chi connectivity index (χ3v) is 5.91. The Morgan fingerprint density at radius 2 is 2.00 bits per heavy atom. The Hall–Kier alpha value is -1.40. The van der Waals surface area contributed by atoms with Gasteiger partial charge in [-0.2, -0.15) is 4.31 Å². The first-order chi connectivity index (χ1) is 9.87. The average molecular weight is 311 g/mol. The number of esters is 1. The molecule has 0 aliphatic carbocycles. The van der Waals surface area contributed by atoms with Crippen LogP contribution in [0.5, 0.6) is 0 Å². The summed E-state index contributed by atoms with van der Waals surface area (Å²) in [6, 6.07) is 4.61. The number of rotatable bonds is 3. The maximum absolute atomic E-state index is 12.9. The fourth-order valence-corrected chi connectivity index (χ4v) is 4.63. The molecule has 6 heteroatoms. The first-order valence-electron chi connectivity index (χ1n) is 7.05. The summed E-state index contributed by atoms with van der Waals surface area (Å²) >= 11 is 0. The lowest BCUT2D eigenvalue weighted by Gasteiger charge is -2.33. The number of hydrogen-bond acceptors (Lipinski definition) is 4. The molecule has 116 valence electrons. The molecule has 0 N–H and O–H groups in total. The molecule has 5 nitrogen and oxygen atoms in total. The highest BCUT2D eigenvalue weighted by atomic mass is 32.2. The Bertz CT molecular complexity index is 639. The number of nitrogens with zero attached hydrogens (tertiary/aromatic N) is 1. The monoisotopic (exact) mass is 311 g/mol. The van der Waals surface area contributed by atoms with Crippen LogP contribution in [0.3, 0.4) is 0 Å². The Kier molecular flexibility index (Phi) is 4.68. The second-order valence-corrected chi connectivity index (χ2v) is 7.28. The summed E-state index contributed by atoms with van der Waals surface area (Å²) in [7, 11) is -2.40. The lowest BCUT2D eigenvalue weighted by Crippen LogP contribution is -2.48. The van der Waals surface area contributed by atoms with E-state index in [0.29, 0.717) is 18.5 Å². The molecule has 1 aromatic rings. The molecule has 0 spiro atoms. The highest BCUT2D eigenvalue weighted by molar-refractivity contribution is 7.89. The van der Waals surface area contributed by atoms with E-state index in [1.54, 1.807) is 19.1 Å². The van der Waals surface area contributed by atoms with Crippen LogP contribution in [-0.2, 0) is 19.6 Å². The molecule has 0 bridgehead atoms. The van der Waals surface area contributed by atoms with Gasteiger partial charge in [-0.15, -0.1) is 0 Å². The summed E-state index contributed by atoms with van der Waals surface area (Å²) in [4.78, 5) is 12.2. The minimum atomic E-state index is -3.69. The normalized spacial score (nSPS) is 20.2. The van der Waals surface area contributed by atoms with Crippen LogP contribution in [0.1, 0.15) is 30.4 Å². The quantitative estimate of drug-likeness (QED) is 0.801. The first kappa shape index (κ1) is 16.0. The molecule has 0 saturated carbocycles. The number of methoxy groups -OCH3 is 1. The number of ether oxygens (including phenoxy) is 1. The summed E-state index contributed by atoms with van der Waals surface area (Å²) in [6.07, 6.45) is 2.10. The van der Waals surface area contributed by atoms with Crippen LogP contribution in [0.4, 0.5) is 0 Å². The van der Waals surface area contributed by atoms with Gasteiger partial charge in [0, 0.05) is 6.54 Å². The highest BCUT2D eigenvalue weighted by Crippen LogP contribution is 2.28. The number of sulfonamides is 1. The number of aryl methyl sites for hydroxylation is 2. The van der Waals surface area contributed by atoms with Gasteiger partial charge < -0.3 is 4.74 Å². The summed E-state index contributed by atoms with van der Waals surface area (Å²) < 4.78 is 31.9. The van der Waals surface area contributed by atoms with E-state index in [1.807, 2.05) is 13.0 Å². The van der Waals surface area contributed by atoms with Crippen molar-refractivity contribution < 1.29 is 17.9 Å². The molecule has 1 fully saturated rings. The zero-order valence-corrected chi connectivity index (χ0v) is 13.4. The van der Waals surface area contributed by atoms with E-state index < -0.39 is 22.0 Å². The molecule has 0 amide bonds. The smallest absolute Gasteiger partial charge is 0.324 e. The zero-order chi connectivity index (χ0) is 15.6. The van der Waals surface area contributed by atoms with Gasteiger partial charge in [-0.1, -0.05) is 12.1 Å². The van der Waals surface area contributed by atoms with Crippen molar-refractivity contribution in [3.63, 3.8) is 0 Å². The number of benzene rings is 1. The van der Waals surface area contributed by atoms with Gasteiger partial charge in [0.15, 0.2) is 0 Å². The van der Waals surface area contributed by atoms with Crippen molar-refractivity contribution in [2.45, 2.75) is 44.0 Å². The minimum absolute atomic E-state index is 0.276. The first-order valence-corrected chi connectivity index (χ1v) is 8.49. The van der Waals surface area contributed by atoms with Crippen molar-refractivity contribution in [3.05, 3.63) is 29.3 Å². The van der Waals surface area contributed by atoms with Crippen LogP contribution in [-0.4, -0.2) is 38.4 Å². The maximum Gasteiger partial charge on any atom is 0.324 e. The van der Waals surface area contributed by atoms with Crippen LogP contribution in [0.2, 0.25) is 0 Å². The van der Waals surface area contributed by atoms with Crippen LogP contribution >= 0.6 is 0 Å². The molecule has 1 heterocycles. The van der Waals surface area contributed by atoms with Gasteiger partial charge >= 0.3 is 5.97 Å². The third kappa shape index (κ3) is 3.11. The largest absolute Gasteiger partial charge is 0.468 e. The summed E-state index contributed by atoms with van der Waals surface area (Å²) in [5, 5.41) is 0. The lowest BCUT2D eigenvalue weighted by atomic mass is 10.1. The van der Waals surface area contributed by atoms with Gasteiger partial charge in [0.25, 0.3) is 0 Å². The van der Waals surface area contributed by atoms with Gasteiger partial charge in [0.05, 0.1) is 12.0 Å². The van der Waals surface area contributed by atoms with E-state index >= 15 is 0 Å². The second kappa shape index (κ2) is 6.15. The van der Waals surface area contributed by atoms with E-state index in [1.165, 1.54) is 11.4 Å². The molecule has 1 atom stereocenters. The van der Waals surface area contributed by atoms with Gasteiger partial charge in [0.2, 0.25) is 10.0 Å². The topological polar surface area (TPSA) is 63.7 Å². The average Bonchev–Trinajstić information content (AvgIpc) is 2.48.